The van der Waals surface area contributed by atoms with Gasteiger partial charge in [-0.05, 0) is 25.1 Å². The van der Waals surface area contributed by atoms with Crippen molar-refractivity contribution in [3.63, 3.8) is 0 Å². The Hall–Kier alpha value is -2.34. The first-order valence-corrected chi connectivity index (χ1v) is 9.37. The lowest BCUT2D eigenvalue weighted by Gasteiger charge is -2.06. The highest BCUT2D eigenvalue weighted by Gasteiger charge is 2.26. The second kappa shape index (κ2) is 7.50. The maximum absolute atomic E-state index is 13.3. The van der Waals surface area contributed by atoms with Gasteiger partial charge in [-0.1, -0.05) is 11.6 Å². The highest BCUT2D eigenvalue weighted by molar-refractivity contribution is 7.21. The molecule has 26 heavy (non-hydrogen) atoms. The average Bonchev–Trinajstić information content (AvgIpc) is 3.17. The van der Waals surface area contributed by atoms with Crippen LogP contribution in [0.4, 0.5) is 4.39 Å². The van der Waals surface area contributed by atoms with E-state index in [1.807, 2.05) is 6.07 Å². The van der Waals surface area contributed by atoms with Crippen molar-refractivity contribution >= 4 is 56.1 Å². The van der Waals surface area contributed by atoms with Gasteiger partial charge < -0.3 is 4.74 Å². The number of carbonyl (C=O) groups excluding carboxylic acids is 2. The molecule has 0 amide bonds. The largest absolute Gasteiger partial charge is 0.453 e. The zero-order valence-electron chi connectivity index (χ0n) is 13.3. The number of ketones is 1. The number of nitriles is 1. The van der Waals surface area contributed by atoms with E-state index in [-0.39, 0.29) is 9.90 Å². The number of benzene rings is 1. The number of aromatic nitrogens is 1. The smallest absolute Gasteiger partial charge is 0.350 e. The second-order valence-electron chi connectivity index (χ2n) is 5.32. The summed E-state index contributed by atoms with van der Waals surface area (Å²) in [5, 5.41) is 12.0. The number of rotatable bonds is 5. The van der Waals surface area contributed by atoms with Gasteiger partial charge in [0.1, 0.15) is 15.7 Å². The van der Waals surface area contributed by atoms with Gasteiger partial charge in [-0.15, -0.1) is 22.7 Å². The van der Waals surface area contributed by atoms with Gasteiger partial charge in [0.2, 0.25) is 0 Å². The number of esters is 1. The van der Waals surface area contributed by atoms with Crippen molar-refractivity contribution in [2.24, 2.45) is 0 Å². The molecule has 3 rings (SSSR count). The Morgan fingerprint density at radius 2 is 2.23 bits per heavy atom. The Morgan fingerprint density at radius 1 is 1.46 bits per heavy atom. The zero-order valence-corrected chi connectivity index (χ0v) is 15.7. The number of hydrogen-bond acceptors (Lipinski definition) is 7. The molecule has 0 fully saturated rings. The summed E-state index contributed by atoms with van der Waals surface area (Å²) < 4.78 is 18.8. The van der Waals surface area contributed by atoms with Gasteiger partial charge in [0.05, 0.1) is 11.1 Å². The first kappa shape index (κ1) is 18.5. The molecule has 0 saturated carbocycles. The third-order valence-corrected chi connectivity index (χ3v) is 6.12. The highest BCUT2D eigenvalue weighted by Crippen LogP contribution is 2.36. The molecule has 0 aliphatic heterocycles. The third kappa shape index (κ3) is 3.60. The Balaban J connectivity index is 1.73. The summed E-state index contributed by atoms with van der Waals surface area (Å²) in [4.78, 5) is 28.6. The molecule has 0 spiro atoms. The van der Waals surface area contributed by atoms with Crippen LogP contribution in [0.25, 0.3) is 10.1 Å². The minimum absolute atomic E-state index is 0.0821. The number of hydrogen-bond donors (Lipinski definition) is 0. The fourth-order valence-corrected chi connectivity index (χ4v) is 4.51. The van der Waals surface area contributed by atoms with E-state index < -0.39 is 30.1 Å². The highest BCUT2D eigenvalue weighted by atomic mass is 35.5. The molecule has 2 heterocycles. The lowest BCUT2D eigenvalue weighted by atomic mass is 10.1. The van der Waals surface area contributed by atoms with Crippen LogP contribution in [0.2, 0.25) is 5.02 Å². The van der Waals surface area contributed by atoms with E-state index in [0.717, 1.165) is 11.3 Å². The predicted molar refractivity (Wildman–Crippen MR) is 97.3 cm³/mol. The summed E-state index contributed by atoms with van der Waals surface area (Å²) in [6.07, 6.45) is 0. The average molecular weight is 409 g/mol. The van der Waals surface area contributed by atoms with Crippen LogP contribution in [0.3, 0.4) is 0 Å². The van der Waals surface area contributed by atoms with E-state index in [4.69, 9.17) is 16.3 Å². The molecule has 0 aliphatic rings. The molecule has 0 unspecified atom stereocenters. The molecule has 1 aromatic carbocycles. The molecule has 0 bridgehead atoms. The number of ether oxygens (including phenoxy) is 1. The molecule has 0 radical (unpaired) electrons. The van der Waals surface area contributed by atoms with Crippen molar-refractivity contribution < 1.29 is 18.7 Å². The maximum Gasteiger partial charge on any atom is 0.350 e. The van der Waals surface area contributed by atoms with Crippen LogP contribution in [0.15, 0.2) is 23.6 Å². The molecule has 0 saturated heterocycles. The van der Waals surface area contributed by atoms with E-state index in [0.29, 0.717) is 20.8 Å². The predicted octanol–water partition coefficient (Wildman–Crippen LogP) is 4.49. The zero-order chi connectivity index (χ0) is 18.8. The van der Waals surface area contributed by atoms with E-state index in [1.54, 1.807) is 12.3 Å². The molecular formula is C17H10ClFN2O3S2. The topological polar surface area (TPSA) is 80.0 Å². The summed E-state index contributed by atoms with van der Waals surface area (Å²) in [7, 11) is 0. The Morgan fingerprint density at radius 3 is 2.88 bits per heavy atom. The number of fused-ring (bicyclic) bond motifs is 1. The minimum Gasteiger partial charge on any atom is -0.453 e. The van der Waals surface area contributed by atoms with E-state index >= 15 is 0 Å². The SMILES string of the molecule is Cc1csc([C@H](C#N)C(=O)COC(=O)c2sc3cc(F)ccc3c2Cl)n1. The van der Waals surface area contributed by atoms with Gasteiger partial charge >= 0.3 is 5.97 Å². The van der Waals surface area contributed by atoms with Crippen molar-refractivity contribution in [3.8, 4) is 6.07 Å². The van der Waals surface area contributed by atoms with Crippen LogP contribution in [-0.2, 0) is 9.53 Å². The summed E-state index contributed by atoms with van der Waals surface area (Å²) in [6.45, 7) is 1.18. The fraction of sp³-hybridized carbons (Fsp3) is 0.176. The molecule has 1 atom stereocenters. The van der Waals surface area contributed by atoms with Crippen molar-refractivity contribution in [1.29, 1.82) is 5.26 Å². The number of halogens is 2. The molecule has 132 valence electrons. The molecular weight excluding hydrogens is 399 g/mol. The number of Topliss-reactive ketones (excluding diaryl/α,β-unsaturated/α-hetero) is 1. The first-order chi connectivity index (χ1) is 12.4. The number of nitrogens with zero attached hydrogens (tertiary/aromatic N) is 2. The lowest BCUT2D eigenvalue weighted by molar-refractivity contribution is -0.122. The van der Waals surface area contributed by atoms with E-state index in [1.165, 1.54) is 29.5 Å². The molecule has 3 aromatic rings. The number of thiophene rings is 1. The summed E-state index contributed by atoms with van der Waals surface area (Å²) in [6, 6.07) is 5.86. The standard InChI is InChI=1S/C17H10ClFN2O3S2/c1-8-7-25-16(21-8)11(5-20)12(22)6-24-17(23)15-14(18)10-3-2-9(19)4-13(10)26-15/h2-4,7,11H,6H2,1H3/t11-/m1/s1. The number of thiazole rings is 1. The number of carbonyl (C=O) groups is 2. The molecule has 9 heteroatoms. The Labute approximate surface area is 160 Å². The molecule has 0 N–H and O–H groups in total. The summed E-state index contributed by atoms with van der Waals surface area (Å²) >= 11 is 8.33. The van der Waals surface area contributed by atoms with Gasteiger partial charge in [-0.3, -0.25) is 4.79 Å². The van der Waals surface area contributed by atoms with Crippen molar-refractivity contribution in [2.75, 3.05) is 6.61 Å². The van der Waals surface area contributed by atoms with Crippen LogP contribution in [0.5, 0.6) is 0 Å². The van der Waals surface area contributed by atoms with Gasteiger partial charge in [0.25, 0.3) is 0 Å². The van der Waals surface area contributed by atoms with E-state index in [9.17, 15) is 19.2 Å². The van der Waals surface area contributed by atoms with Crippen LogP contribution >= 0.6 is 34.3 Å². The van der Waals surface area contributed by atoms with Crippen molar-refractivity contribution in [1.82, 2.24) is 4.98 Å². The van der Waals surface area contributed by atoms with Gasteiger partial charge in [0, 0.05) is 21.2 Å². The van der Waals surface area contributed by atoms with Crippen LogP contribution in [0, 0.1) is 24.1 Å². The van der Waals surface area contributed by atoms with Gasteiger partial charge in [-0.25, -0.2) is 14.2 Å². The van der Waals surface area contributed by atoms with Crippen molar-refractivity contribution in [3.05, 3.63) is 50.0 Å². The molecule has 0 aliphatic carbocycles. The second-order valence-corrected chi connectivity index (χ2v) is 7.64. The summed E-state index contributed by atoms with van der Waals surface area (Å²) in [5.74, 6) is -2.90. The van der Waals surface area contributed by atoms with Crippen molar-refractivity contribution in [2.45, 2.75) is 12.8 Å². The van der Waals surface area contributed by atoms with Crippen LogP contribution in [-0.4, -0.2) is 23.3 Å². The third-order valence-electron chi connectivity index (χ3n) is 3.46. The van der Waals surface area contributed by atoms with Crippen LogP contribution < -0.4 is 0 Å². The van der Waals surface area contributed by atoms with Gasteiger partial charge in [-0.2, -0.15) is 5.26 Å². The molecule has 2 aromatic heterocycles. The first-order valence-electron chi connectivity index (χ1n) is 7.29. The minimum atomic E-state index is -1.09. The Kier molecular flexibility index (Phi) is 5.32. The Bertz CT molecular complexity index is 1050. The quantitative estimate of drug-likeness (QED) is 0.581. The summed E-state index contributed by atoms with van der Waals surface area (Å²) in [5.41, 5.74) is 0.708. The fourth-order valence-electron chi connectivity index (χ4n) is 2.23. The maximum atomic E-state index is 13.3. The van der Waals surface area contributed by atoms with Gasteiger partial charge in [0.15, 0.2) is 18.3 Å². The monoisotopic (exact) mass is 408 g/mol. The number of aryl methyl sites for hydroxylation is 1. The lowest BCUT2D eigenvalue weighted by Crippen LogP contribution is -2.19. The normalized spacial score (nSPS) is 11.9. The molecule has 5 nitrogen and oxygen atoms in total. The van der Waals surface area contributed by atoms with Crippen LogP contribution in [0.1, 0.15) is 26.3 Å². The van der Waals surface area contributed by atoms with E-state index in [2.05, 4.69) is 4.98 Å².